The molecule has 0 atom stereocenters. The van der Waals surface area contributed by atoms with Crippen molar-refractivity contribution < 1.29 is 0 Å². The summed E-state index contributed by atoms with van der Waals surface area (Å²) >= 11 is 0. The number of likely N-dealkylation sites (tertiary alicyclic amines) is 1. The summed E-state index contributed by atoms with van der Waals surface area (Å²) < 4.78 is 1.96. The van der Waals surface area contributed by atoms with Crippen LogP contribution in [0.2, 0.25) is 0 Å². The molecule has 0 aliphatic carbocycles. The van der Waals surface area contributed by atoms with E-state index >= 15 is 0 Å². The van der Waals surface area contributed by atoms with Gasteiger partial charge in [-0.05, 0) is 46.7 Å². The predicted octanol–water partition coefficient (Wildman–Crippen LogP) is 1.26. The number of nitrogens with one attached hydrogen (secondary N) is 1. The second kappa shape index (κ2) is 5.80. The summed E-state index contributed by atoms with van der Waals surface area (Å²) in [5, 5.41) is 11.8. The van der Waals surface area contributed by atoms with Crippen LogP contribution in [-0.4, -0.2) is 45.1 Å². The van der Waals surface area contributed by atoms with E-state index in [1.807, 2.05) is 4.68 Å². The second-order valence-corrected chi connectivity index (χ2v) is 6.13. The maximum Gasteiger partial charge on any atom is 0.0965 e. The second-order valence-electron chi connectivity index (χ2n) is 6.13. The third kappa shape index (κ3) is 4.38. The average molecular weight is 251 g/mol. The molecule has 2 heterocycles. The first-order valence-corrected chi connectivity index (χ1v) is 6.89. The highest BCUT2D eigenvalue weighted by Gasteiger charge is 2.12. The topological polar surface area (TPSA) is 46.0 Å². The van der Waals surface area contributed by atoms with Crippen molar-refractivity contribution in [2.75, 3.05) is 19.6 Å². The Balaban J connectivity index is 1.75. The van der Waals surface area contributed by atoms with Crippen LogP contribution in [0, 0.1) is 0 Å². The van der Waals surface area contributed by atoms with Gasteiger partial charge in [-0.1, -0.05) is 5.21 Å². The highest BCUT2D eigenvalue weighted by atomic mass is 15.4. The van der Waals surface area contributed by atoms with E-state index in [4.69, 9.17) is 0 Å². The van der Waals surface area contributed by atoms with Gasteiger partial charge < -0.3 is 10.2 Å². The minimum Gasteiger partial charge on any atom is -0.306 e. The monoisotopic (exact) mass is 251 g/mol. The fourth-order valence-electron chi connectivity index (χ4n) is 2.13. The van der Waals surface area contributed by atoms with E-state index in [-0.39, 0.29) is 5.54 Å². The van der Waals surface area contributed by atoms with Crippen LogP contribution in [0.5, 0.6) is 0 Å². The van der Waals surface area contributed by atoms with Gasteiger partial charge in [0.15, 0.2) is 0 Å². The van der Waals surface area contributed by atoms with Gasteiger partial charge in [-0.2, -0.15) is 0 Å². The van der Waals surface area contributed by atoms with Gasteiger partial charge in [-0.3, -0.25) is 4.68 Å². The zero-order valence-electron chi connectivity index (χ0n) is 11.8. The van der Waals surface area contributed by atoms with Gasteiger partial charge in [0, 0.05) is 24.8 Å². The van der Waals surface area contributed by atoms with Gasteiger partial charge >= 0.3 is 0 Å². The van der Waals surface area contributed by atoms with Crippen LogP contribution in [0.4, 0.5) is 0 Å². The standard InChI is InChI=1S/C13H25N5/c1-13(2,3)14-10-12-11-18(16-15-12)9-8-17-6-4-5-7-17/h11,14H,4-10H2,1-3H3. The lowest BCUT2D eigenvalue weighted by Crippen LogP contribution is -2.35. The molecule has 0 spiro atoms. The normalized spacial score (nSPS) is 17.5. The van der Waals surface area contributed by atoms with E-state index in [0.717, 1.165) is 25.3 Å². The molecule has 0 amide bonds. The Kier molecular flexibility index (Phi) is 4.35. The number of aromatic nitrogens is 3. The Hall–Kier alpha value is -0.940. The van der Waals surface area contributed by atoms with E-state index in [2.05, 4.69) is 47.5 Å². The minimum atomic E-state index is 0.124. The molecular formula is C13H25N5. The highest BCUT2D eigenvalue weighted by molar-refractivity contribution is 4.93. The van der Waals surface area contributed by atoms with Crippen molar-refractivity contribution >= 4 is 0 Å². The molecule has 1 aromatic rings. The van der Waals surface area contributed by atoms with E-state index in [1.165, 1.54) is 25.9 Å². The Morgan fingerprint density at radius 2 is 1.94 bits per heavy atom. The Morgan fingerprint density at radius 3 is 2.61 bits per heavy atom. The molecule has 18 heavy (non-hydrogen) atoms. The largest absolute Gasteiger partial charge is 0.306 e. The maximum atomic E-state index is 4.20. The van der Waals surface area contributed by atoms with Crippen LogP contribution in [0.3, 0.4) is 0 Å². The predicted molar refractivity (Wildman–Crippen MR) is 72.3 cm³/mol. The lowest BCUT2D eigenvalue weighted by atomic mass is 10.1. The molecule has 1 aromatic heterocycles. The fraction of sp³-hybridized carbons (Fsp3) is 0.846. The summed E-state index contributed by atoms with van der Waals surface area (Å²) in [4.78, 5) is 2.49. The lowest BCUT2D eigenvalue weighted by molar-refractivity contribution is 0.314. The Labute approximate surface area is 110 Å². The molecule has 5 nitrogen and oxygen atoms in total. The number of nitrogens with zero attached hydrogens (tertiary/aromatic N) is 4. The van der Waals surface area contributed by atoms with Gasteiger partial charge in [0.25, 0.3) is 0 Å². The molecule has 0 radical (unpaired) electrons. The summed E-state index contributed by atoms with van der Waals surface area (Å²) in [7, 11) is 0. The zero-order valence-corrected chi connectivity index (χ0v) is 11.8. The van der Waals surface area contributed by atoms with Gasteiger partial charge in [-0.15, -0.1) is 5.10 Å². The molecule has 2 rings (SSSR count). The van der Waals surface area contributed by atoms with Gasteiger partial charge in [0.05, 0.1) is 12.2 Å². The SMILES string of the molecule is CC(C)(C)NCc1cn(CCN2CCCC2)nn1. The van der Waals surface area contributed by atoms with Crippen LogP contribution < -0.4 is 5.32 Å². The lowest BCUT2D eigenvalue weighted by Gasteiger charge is -2.19. The first kappa shape index (κ1) is 13.5. The molecule has 1 saturated heterocycles. The van der Waals surface area contributed by atoms with Gasteiger partial charge in [-0.25, -0.2) is 0 Å². The van der Waals surface area contributed by atoms with Crippen molar-refractivity contribution in [1.29, 1.82) is 0 Å². The first-order valence-electron chi connectivity index (χ1n) is 6.89. The van der Waals surface area contributed by atoms with Crippen molar-refractivity contribution in [3.63, 3.8) is 0 Å². The minimum absolute atomic E-state index is 0.124. The molecule has 5 heteroatoms. The average Bonchev–Trinajstić information content (AvgIpc) is 2.94. The van der Waals surface area contributed by atoms with Crippen molar-refractivity contribution in [1.82, 2.24) is 25.2 Å². The van der Waals surface area contributed by atoms with Crippen LogP contribution in [0.15, 0.2) is 6.20 Å². The zero-order chi connectivity index (χ0) is 13.0. The summed E-state index contributed by atoms with van der Waals surface area (Å²) in [6.07, 6.45) is 4.74. The molecule has 0 unspecified atom stereocenters. The quantitative estimate of drug-likeness (QED) is 0.856. The van der Waals surface area contributed by atoms with Crippen LogP contribution in [0.25, 0.3) is 0 Å². The molecule has 0 bridgehead atoms. The summed E-state index contributed by atoms with van der Waals surface area (Å²) in [5.41, 5.74) is 1.14. The van der Waals surface area contributed by atoms with Crippen LogP contribution in [0.1, 0.15) is 39.3 Å². The first-order chi connectivity index (χ1) is 8.53. The summed E-state index contributed by atoms with van der Waals surface area (Å²) in [6, 6.07) is 0. The molecule has 0 saturated carbocycles. The Bertz CT molecular complexity index is 360. The summed E-state index contributed by atoms with van der Waals surface area (Å²) in [5.74, 6) is 0. The third-order valence-electron chi connectivity index (χ3n) is 3.23. The smallest absolute Gasteiger partial charge is 0.0965 e. The highest BCUT2D eigenvalue weighted by Crippen LogP contribution is 2.07. The van der Waals surface area contributed by atoms with Crippen molar-refractivity contribution in [2.24, 2.45) is 0 Å². The van der Waals surface area contributed by atoms with Crippen molar-refractivity contribution in [3.8, 4) is 0 Å². The van der Waals surface area contributed by atoms with Crippen molar-refractivity contribution in [3.05, 3.63) is 11.9 Å². The molecule has 1 aliphatic heterocycles. The fourth-order valence-corrected chi connectivity index (χ4v) is 2.13. The number of hydrogen-bond donors (Lipinski definition) is 1. The summed E-state index contributed by atoms with van der Waals surface area (Å²) in [6.45, 7) is 11.8. The molecule has 1 aliphatic rings. The van der Waals surface area contributed by atoms with Gasteiger partial charge in [0.2, 0.25) is 0 Å². The van der Waals surface area contributed by atoms with E-state index < -0.39 is 0 Å². The molecule has 1 fully saturated rings. The molecule has 102 valence electrons. The molecular weight excluding hydrogens is 226 g/mol. The third-order valence-corrected chi connectivity index (χ3v) is 3.23. The van der Waals surface area contributed by atoms with Crippen molar-refractivity contribution in [2.45, 2.75) is 52.2 Å². The van der Waals surface area contributed by atoms with Crippen LogP contribution in [-0.2, 0) is 13.1 Å². The van der Waals surface area contributed by atoms with E-state index in [1.54, 1.807) is 0 Å². The molecule has 0 aromatic carbocycles. The number of hydrogen-bond acceptors (Lipinski definition) is 4. The maximum absolute atomic E-state index is 4.20. The van der Waals surface area contributed by atoms with E-state index in [0.29, 0.717) is 0 Å². The number of rotatable bonds is 5. The van der Waals surface area contributed by atoms with Crippen LogP contribution >= 0.6 is 0 Å². The molecule has 1 N–H and O–H groups in total. The Morgan fingerprint density at radius 1 is 1.22 bits per heavy atom. The van der Waals surface area contributed by atoms with E-state index in [9.17, 15) is 0 Å². The van der Waals surface area contributed by atoms with Gasteiger partial charge in [0.1, 0.15) is 0 Å².